The average molecular weight is 321 g/mol. The molecule has 0 aliphatic rings. The summed E-state index contributed by atoms with van der Waals surface area (Å²) in [5.74, 6) is -0.663. The van der Waals surface area contributed by atoms with Gasteiger partial charge in [-0.15, -0.1) is 0 Å². The topological polar surface area (TPSA) is 101 Å². The lowest BCUT2D eigenvalue weighted by molar-refractivity contribution is -0.159. The molecular weight excluding hydrogens is 286 g/mol. The van der Waals surface area contributed by atoms with E-state index in [1.807, 2.05) is 0 Å². The van der Waals surface area contributed by atoms with Crippen molar-refractivity contribution in [2.24, 2.45) is 0 Å². The van der Waals surface area contributed by atoms with Gasteiger partial charge in [-0.25, -0.2) is 4.90 Å². The number of aliphatic hydroxyl groups is 3. The summed E-state index contributed by atoms with van der Waals surface area (Å²) in [7, 11) is 0. The molecule has 6 heteroatoms. The molecule has 0 aliphatic heterocycles. The van der Waals surface area contributed by atoms with Crippen LogP contribution < -0.4 is 0 Å². The summed E-state index contributed by atoms with van der Waals surface area (Å²) in [4.78, 5) is 11.3. The molecule has 0 aromatic rings. The SMILES string of the molecule is CC(O)N(C(C)O)C(C)O.CCCCCCCCCC(=O)O. The average Bonchev–Trinajstić information content (AvgIpc) is 2.36. The third-order valence-electron chi connectivity index (χ3n) is 3.29. The first-order chi connectivity index (χ1) is 10.2. The monoisotopic (exact) mass is 321 g/mol. The van der Waals surface area contributed by atoms with Gasteiger partial charge >= 0.3 is 5.97 Å². The minimum atomic E-state index is -0.833. The summed E-state index contributed by atoms with van der Waals surface area (Å²) in [5, 5.41) is 35.2. The number of carbonyl (C=O) groups is 1. The van der Waals surface area contributed by atoms with Gasteiger partial charge in [0.15, 0.2) is 0 Å². The van der Waals surface area contributed by atoms with E-state index in [-0.39, 0.29) is 0 Å². The first kappa shape index (κ1) is 23.6. The van der Waals surface area contributed by atoms with Crippen molar-refractivity contribution >= 4 is 5.97 Å². The minimum Gasteiger partial charge on any atom is -0.481 e. The summed E-state index contributed by atoms with van der Waals surface area (Å²) in [6.45, 7) is 6.66. The first-order valence-electron chi connectivity index (χ1n) is 8.27. The molecule has 22 heavy (non-hydrogen) atoms. The maximum Gasteiger partial charge on any atom is 0.303 e. The molecule has 0 aliphatic carbocycles. The minimum absolute atomic E-state index is 0.341. The second-order valence-electron chi connectivity index (χ2n) is 5.61. The van der Waals surface area contributed by atoms with Crippen molar-refractivity contribution in [1.82, 2.24) is 4.90 Å². The van der Waals surface area contributed by atoms with E-state index in [1.165, 1.54) is 57.8 Å². The van der Waals surface area contributed by atoms with Crippen molar-refractivity contribution in [3.05, 3.63) is 0 Å². The van der Waals surface area contributed by atoms with E-state index >= 15 is 0 Å². The number of nitrogens with zero attached hydrogens (tertiary/aromatic N) is 1. The fourth-order valence-corrected chi connectivity index (χ4v) is 2.17. The van der Waals surface area contributed by atoms with Crippen LogP contribution in [-0.2, 0) is 4.79 Å². The Morgan fingerprint density at radius 3 is 1.45 bits per heavy atom. The van der Waals surface area contributed by atoms with Crippen molar-refractivity contribution in [2.75, 3.05) is 0 Å². The Hall–Kier alpha value is -0.690. The Labute approximate surface area is 134 Å². The van der Waals surface area contributed by atoms with Crippen molar-refractivity contribution in [1.29, 1.82) is 0 Å². The Morgan fingerprint density at radius 1 is 0.818 bits per heavy atom. The molecule has 0 rings (SSSR count). The van der Waals surface area contributed by atoms with Crippen molar-refractivity contribution in [2.45, 2.75) is 97.7 Å². The molecule has 0 saturated heterocycles. The van der Waals surface area contributed by atoms with Crippen molar-refractivity contribution < 1.29 is 25.2 Å². The van der Waals surface area contributed by atoms with Crippen LogP contribution in [0.5, 0.6) is 0 Å². The van der Waals surface area contributed by atoms with E-state index in [0.717, 1.165) is 12.8 Å². The van der Waals surface area contributed by atoms with Crippen LogP contribution >= 0.6 is 0 Å². The normalized spacial score (nSPS) is 14.9. The molecule has 0 aromatic carbocycles. The maximum atomic E-state index is 10.1. The highest BCUT2D eigenvalue weighted by Gasteiger charge is 2.20. The molecule has 0 heterocycles. The van der Waals surface area contributed by atoms with E-state index in [4.69, 9.17) is 20.4 Å². The number of unbranched alkanes of at least 4 members (excludes halogenated alkanes) is 6. The van der Waals surface area contributed by atoms with Gasteiger partial charge in [-0.2, -0.15) is 0 Å². The number of hydrogen-bond acceptors (Lipinski definition) is 5. The van der Waals surface area contributed by atoms with Gasteiger partial charge in [0.25, 0.3) is 0 Å². The lowest BCUT2D eigenvalue weighted by Crippen LogP contribution is -2.45. The van der Waals surface area contributed by atoms with Crippen molar-refractivity contribution in [3.8, 4) is 0 Å². The molecule has 0 radical (unpaired) electrons. The molecule has 6 nitrogen and oxygen atoms in total. The smallest absolute Gasteiger partial charge is 0.303 e. The molecule has 134 valence electrons. The number of carboxylic acid groups (broad SMARTS) is 1. The zero-order valence-electron chi connectivity index (χ0n) is 14.5. The van der Waals surface area contributed by atoms with E-state index in [2.05, 4.69) is 6.92 Å². The van der Waals surface area contributed by atoms with E-state index < -0.39 is 24.7 Å². The van der Waals surface area contributed by atoms with Crippen LogP contribution in [0.3, 0.4) is 0 Å². The largest absolute Gasteiger partial charge is 0.481 e. The number of carboxylic acids is 1. The highest BCUT2D eigenvalue weighted by molar-refractivity contribution is 5.66. The van der Waals surface area contributed by atoms with E-state index in [9.17, 15) is 4.79 Å². The number of aliphatic carboxylic acids is 1. The van der Waals surface area contributed by atoms with Crippen LogP contribution in [0, 0.1) is 0 Å². The molecular formula is C16H35NO5. The van der Waals surface area contributed by atoms with Gasteiger partial charge in [0, 0.05) is 6.42 Å². The van der Waals surface area contributed by atoms with Crippen LogP contribution in [0.1, 0.15) is 79.1 Å². The molecule has 4 N–H and O–H groups in total. The van der Waals surface area contributed by atoms with E-state index in [0.29, 0.717) is 6.42 Å². The fourth-order valence-electron chi connectivity index (χ4n) is 2.17. The Balaban J connectivity index is 0. The molecule has 0 saturated carbocycles. The Bertz CT molecular complexity index is 238. The van der Waals surface area contributed by atoms with Crippen molar-refractivity contribution in [3.63, 3.8) is 0 Å². The predicted molar refractivity (Wildman–Crippen MR) is 87.1 cm³/mol. The zero-order valence-corrected chi connectivity index (χ0v) is 14.5. The van der Waals surface area contributed by atoms with Crippen LogP contribution in [0.25, 0.3) is 0 Å². The summed E-state index contributed by atoms with van der Waals surface area (Å²) in [6.07, 6.45) is 6.14. The summed E-state index contributed by atoms with van der Waals surface area (Å²) >= 11 is 0. The summed E-state index contributed by atoms with van der Waals surface area (Å²) in [5.41, 5.74) is 0. The molecule has 0 amide bonds. The number of aliphatic hydroxyl groups excluding tert-OH is 3. The molecule has 0 bridgehead atoms. The molecule has 0 fully saturated rings. The lowest BCUT2D eigenvalue weighted by Gasteiger charge is -2.30. The third-order valence-corrected chi connectivity index (χ3v) is 3.29. The van der Waals surface area contributed by atoms with Gasteiger partial charge in [0.1, 0.15) is 18.7 Å². The predicted octanol–water partition coefficient (Wildman–Crippen LogP) is 2.51. The summed E-state index contributed by atoms with van der Waals surface area (Å²) in [6, 6.07) is 0. The Morgan fingerprint density at radius 2 is 1.18 bits per heavy atom. The van der Waals surface area contributed by atoms with Crippen LogP contribution in [-0.4, -0.2) is 50.0 Å². The Kier molecular flexibility index (Phi) is 16.3. The molecule has 3 unspecified atom stereocenters. The van der Waals surface area contributed by atoms with Gasteiger partial charge in [0.05, 0.1) is 0 Å². The fraction of sp³-hybridized carbons (Fsp3) is 0.938. The second kappa shape index (κ2) is 15.2. The van der Waals surface area contributed by atoms with Crippen LogP contribution in [0.4, 0.5) is 0 Å². The number of hydrogen-bond donors (Lipinski definition) is 4. The summed E-state index contributed by atoms with van der Waals surface area (Å²) < 4.78 is 0. The van der Waals surface area contributed by atoms with Crippen LogP contribution in [0.2, 0.25) is 0 Å². The third kappa shape index (κ3) is 15.7. The van der Waals surface area contributed by atoms with Gasteiger partial charge in [-0.1, -0.05) is 45.4 Å². The lowest BCUT2D eigenvalue weighted by atomic mass is 10.1. The van der Waals surface area contributed by atoms with Gasteiger partial charge in [0.2, 0.25) is 0 Å². The van der Waals surface area contributed by atoms with Gasteiger partial charge in [-0.05, 0) is 27.2 Å². The highest BCUT2D eigenvalue weighted by Crippen LogP contribution is 2.08. The van der Waals surface area contributed by atoms with Gasteiger partial charge in [-0.3, -0.25) is 4.79 Å². The second-order valence-corrected chi connectivity index (χ2v) is 5.61. The van der Waals surface area contributed by atoms with Gasteiger partial charge < -0.3 is 20.4 Å². The standard InChI is InChI=1S/C10H20O2.C6H15NO3/c1-2-3-4-5-6-7-8-9-10(11)12;1-4(8)7(5(2)9)6(3)10/h2-9H2,1H3,(H,11,12);4-6,8-10H,1-3H3. The van der Waals surface area contributed by atoms with Crippen LogP contribution in [0.15, 0.2) is 0 Å². The quantitative estimate of drug-likeness (QED) is 0.344. The molecule has 0 spiro atoms. The molecule has 3 atom stereocenters. The molecule has 0 aromatic heterocycles. The van der Waals surface area contributed by atoms with E-state index in [1.54, 1.807) is 0 Å². The maximum absolute atomic E-state index is 10.1. The highest BCUT2D eigenvalue weighted by atomic mass is 16.4. The first-order valence-corrected chi connectivity index (χ1v) is 8.27. The zero-order chi connectivity index (χ0) is 17.5. The number of rotatable bonds is 11.